The van der Waals surface area contributed by atoms with Crippen molar-refractivity contribution in [2.24, 2.45) is 0 Å². The number of para-hydroxylation sites is 1. The summed E-state index contributed by atoms with van der Waals surface area (Å²) >= 11 is 0. The van der Waals surface area contributed by atoms with E-state index in [2.05, 4.69) is 243 Å². The second-order valence-corrected chi connectivity index (χ2v) is 34.4. The molecule has 2 aliphatic heterocycles. The minimum Gasteiger partial charge on any atom is -0.383 e. The average Bonchev–Trinajstić information content (AvgIpc) is 1.32. The molecule has 0 atom stereocenters. The molecule has 0 spiro atoms. The Hall–Kier alpha value is -15.6. The van der Waals surface area contributed by atoms with Gasteiger partial charge in [-0.1, -0.05) is 121 Å². The lowest BCUT2D eigenvalue weighted by atomic mass is 10.0. The molecule has 0 amide bonds. The molecule has 0 aliphatic carbocycles. The molecule has 0 saturated carbocycles. The van der Waals surface area contributed by atoms with E-state index in [4.69, 9.17) is 24.9 Å². The minimum absolute atomic E-state index is 0.733. The van der Waals surface area contributed by atoms with Gasteiger partial charge < -0.3 is 10.6 Å². The zero-order valence-corrected chi connectivity index (χ0v) is 76.0. The molecular formula is C104H100N28. The summed E-state index contributed by atoms with van der Waals surface area (Å²) in [6, 6.07) is 57.1. The fraction of sp³-hybridized carbons (Fsp3) is 0.260. The van der Waals surface area contributed by atoms with Crippen molar-refractivity contribution in [3.63, 3.8) is 0 Å². The molecule has 28 heteroatoms. The van der Waals surface area contributed by atoms with Crippen molar-refractivity contribution in [2.75, 3.05) is 23.7 Å². The van der Waals surface area contributed by atoms with Crippen LogP contribution < -0.4 is 10.6 Å². The first-order valence-electron chi connectivity index (χ1n) is 45.3. The first-order chi connectivity index (χ1) is 64.4. The molecule has 6 aromatic carbocycles. The molecule has 656 valence electrons. The summed E-state index contributed by atoms with van der Waals surface area (Å²) in [7, 11) is 0. The van der Waals surface area contributed by atoms with Crippen molar-refractivity contribution in [1.82, 2.24) is 128 Å². The Balaban J connectivity index is 0.000000103. The SMILES string of the molecule is Cc1cc2ccccc2nc1CCc1nc2c(C)ncc(C)n2n1.Cc1ncc(C)n2nc(CCc3ccc4ccc5c(c4n3)NCCC5)nc12.Cc1ncc(C)n2nc(CCc3ccc4ccc5c(c4n3)NCCC5)nc12.Cc1ncc(C)n2nc(CCc3ccc4ccc5ccccc5c4n3)nc12.Cc1ncc(C)n2nc(CCc3ccc4ccc5cccnc5c4n3)nc12. The third-order valence-corrected chi connectivity index (χ3v) is 24.8. The Morgan fingerprint density at radius 2 is 0.598 bits per heavy atom. The molecular weight excluding hydrogens is 1640 g/mol. The van der Waals surface area contributed by atoms with Gasteiger partial charge in [-0.3, -0.25) is 54.8 Å². The molecule has 0 fully saturated rings. The highest BCUT2D eigenvalue weighted by Crippen LogP contribution is 2.34. The topological polar surface area (TPSA) is 317 Å². The number of fused-ring (bicyclic) bond motifs is 18. The molecule has 2 N–H and O–H groups in total. The lowest BCUT2D eigenvalue weighted by molar-refractivity contribution is 0.805. The molecule has 0 unspecified atom stereocenters. The highest BCUT2D eigenvalue weighted by molar-refractivity contribution is 6.05. The first kappa shape index (κ1) is 84.5. The van der Waals surface area contributed by atoms with Crippen molar-refractivity contribution in [3.05, 3.63) is 332 Å². The fourth-order valence-corrected chi connectivity index (χ4v) is 17.5. The molecule has 2 aliphatic rings. The predicted octanol–water partition coefficient (Wildman–Crippen LogP) is 18.1. The van der Waals surface area contributed by atoms with E-state index < -0.39 is 0 Å². The zero-order valence-electron chi connectivity index (χ0n) is 76.0. The van der Waals surface area contributed by atoms with Gasteiger partial charge in [0.15, 0.2) is 57.4 Å². The normalized spacial score (nSPS) is 12.4. The van der Waals surface area contributed by atoms with Crippen molar-refractivity contribution in [2.45, 2.75) is 166 Å². The number of anilines is 2. The maximum absolute atomic E-state index is 4.96. The third kappa shape index (κ3) is 17.6. The molecule has 132 heavy (non-hydrogen) atoms. The Morgan fingerprint density at radius 3 is 1.02 bits per heavy atom. The lowest BCUT2D eigenvalue weighted by Crippen LogP contribution is -2.12. The van der Waals surface area contributed by atoms with E-state index >= 15 is 0 Å². The van der Waals surface area contributed by atoms with E-state index in [1.807, 2.05) is 147 Å². The molecule has 22 aromatic rings. The van der Waals surface area contributed by atoms with Crippen LogP contribution in [0.4, 0.5) is 11.4 Å². The van der Waals surface area contributed by atoms with E-state index in [0.29, 0.717) is 0 Å². The summed E-state index contributed by atoms with van der Waals surface area (Å²) in [5.74, 6) is 4.15. The summed E-state index contributed by atoms with van der Waals surface area (Å²) in [6.07, 6.45) is 23.4. The number of pyridine rings is 6. The number of nitrogens with zero attached hydrogens (tertiary/aromatic N) is 26. The largest absolute Gasteiger partial charge is 0.383 e. The smallest absolute Gasteiger partial charge is 0.177 e. The Bertz CT molecular complexity index is 7600. The van der Waals surface area contributed by atoms with Crippen LogP contribution in [-0.2, 0) is 77.0 Å². The second kappa shape index (κ2) is 36.5. The van der Waals surface area contributed by atoms with Gasteiger partial charge >= 0.3 is 0 Å². The maximum atomic E-state index is 4.96. The fourth-order valence-electron chi connectivity index (χ4n) is 17.5. The predicted molar refractivity (Wildman–Crippen MR) is 518 cm³/mol. The average molecular weight is 1740 g/mol. The van der Waals surface area contributed by atoms with Crippen LogP contribution in [0.25, 0.3) is 104 Å². The van der Waals surface area contributed by atoms with Crippen LogP contribution in [0.2, 0.25) is 0 Å². The van der Waals surface area contributed by atoms with Crippen LogP contribution >= 0.6 is 0 Å². The van der Waals surface area contributed by atoms with Crippen molar-refractivity contribution in [1.29, 1.82) is 0 Å². The van der Waals surface area contributed by atoms with Gasteiger partial charge in [0.25, 0.3) is 0 Å². The molecule has 0 bridgehead atoms. The summed E-state index contributed by atoms with van der Waals surface area (Å²) in [4.78, 5) is 74.1. The van der Waals surface area contributed by atoms with Crippen LogP contribution in [0.5, 0.6) is 0 Å². The molecule has 0 radical (unpaired) electrons. The van der Waals surface area contributed by atoms with Gasteiger partial charge in [0.05, 0.1) is 101 Å². The maximum Gasteiger partial charge on any atom is 0.177 e. The van der Waals surface area contributed by atoms with Gasteiger partial charge in [-0.2, -0.15) is 25.5 Å². The lowest BCUT2D eigenvalue weighted by Gasteiger charge is -2.19. The number of rotatable bonds is 15. The summed E-state index contributed by atoms with van der Waals surface area (Å²) in [5, 5.41) is 39.6. The first-order valence-corrected chi connectivity index (χ1v) is 45.3. The number of hydrogen-bond donors (Lipinski definition) is 2. The monoisotopic (exact) mass is 1740 g/mol. The number of hydrogen-bond acceptors (Lipinski definition) is 23. The van der Waals surface area contributed by atoms with Crippen LogP contribution in [0, 0.1) is 76.2 Å². The van der Waals surface area contributed by atoms with Gasteiger partial charge in [0.2, 0.25) is 0 Å². The van der Waals surface area contributed by atoms with E-state index in [1.54, 1.807) is 0 Å². The molecule has 28 nitrogen and oxygen atoms in total. The minimum atomic E-state index is 0.733. The standard InChI is InChI=1S/C22H19N5.2C21H22N6.C21H18N6.C19H19N5/c1-14-13-23-15(2)22-25-20(26-27(14)22)12-11-18-10-9-17-8-7-16-5-3-4-6-19(16)21(17)24-18;3*1-13-12-23-14(2)21-25-18(26-27(13)21)10-9-17-8-7-16-6-5-15-4-3-11-22-19(15)20(16)24-17;1-12-10-15-6-4-5-7-17(15)21-16(12)8-9-18-22-19-14(3)20-11-13(2)24(19)23-18/h3-10,13H,11-12H2,1-2H3;2*5-8,12,22H,3-4,9-11H2,1-2H3;3-8,11-12H,9-10H2,1-2H3;4-7,10-11H,8-9H2,1-3H3. The van der Waals surface area contributed by atoms with Gasteiger partial charge in [0, 0.05) is 149 Å². The second-order valence-electron chi connectivity index (χ2n) is 34.4. The van der Waals surface area contributed by atoms with E-state index in [9.17, 15) is 0 Å². The van der Waals surface area contributed by atoms with Gasteiger partial charge in [0.1, 0.15) is 0 Å². The van der Waals surface area contributed by atoms with Crippen LogP contribution in [-0.4, -0.2) is 141 Å². The number of nitrogens with one attached hydrogen (secondary N) is 2. The van der Waals surface area contributed by atoms with Gasteiger partial charge in [-0.15, -0.1) is 0 Å². The van der Waals surface area contributed by atoms with Crippen molar-refractivity contribution < 1.29 is 0 Å². The highest BCUT2D eigenvalue weighted by Gasteiger charge is 2.21. The van der Waals surface area contributed by atoms with E-state index in [1.165, 1.54) is 73.2 Å². The zero-order chi connectivity index (χ0) is 90.2. The molecule has 24 rings (SSSR count). The highest BCUT2D eigenvalue weighted by atomic mass is 15.3. The summed E-state index contributed by atoms with van der Waals surface area (Å²) in [5.41, 5.74) is 31.5. The van der Waals surface area contributed by atoms with E-state index in [0.717, 1.165) is 277 Å². The number of benzene rings is 6. The Morgan fingerprint density at radius 1 is 0.273 bits per heavy atom. The quantitative estimate of drug-likeness (QED) is 0.0901. The molecule has 16 aromatic heterocycles. The summed E-state index contributed by atoms with van der Waals surface area (Å²) in [6.45, 7) is 23.9. The Kier molecular flexibility index (Phi) is 23.4. The van der Waals surface area contributed by atoms with Crippen LogP contribution in [0.15, 0.2) is 201 Å². The summed E-state index contributed by atoms with van der Waals surface area (Å²) < 4.78 is 9.37. The van der Waals surface area contributed by atoms with Crippen molar-refractivity contribution >= 4 is 116 Å². The molecule has 18 heterocycles. The Labute approximate surface area is 761 Å². The number of aromatic nitrogens is 26. The van der Waals surface area contributed by atoms with E-state index in [-0.39, 0.29) is 0 Å². The van der Waals surface area contributed by atoms with Crippen LogP contribution in [0.1, 0.15) is 144 Å². The number of aryl methyl sites for hydroxylation is 23. The molecule has 0 saturated heterocycles. The third-order valence-electron chi connectivity index (χ3n) is 24.8. The van der Waals surface area contributed by atoms with Crippen LogP contribution in [0.3, 0.4) is 0 Å². The van der Waals surface area contributed by atoms with Gasteiger partial charge in [-0.25, -0.2) is 47.5 Å². The van der Waals surface area contributed by atoms with Crippen molar-refractivity contribution in [3.8, 4) is 0 Å². The van der Waals surface area contributed by atoms with Gasteiger partial charge in [-0.05, 0) is 198 Å².